The van der Waals surface area contributed by atoms with Crippen LogP contribution in [0.1, 0.15) is 31.2 Å². The maximum atomic E-state index is 6.03. The smallest absolute Gasteiger partial charge is 0.137 e. The van der Waals surface area contributed by atoms with E-state index >= 15 is 0 Å². The zero-order chi connectivity index (χ0) is 10.4. The molecule has 2 aliphatic rings. The molecule has 0 radical (unpaired) electrons. The van der Waals surface area contributed by atoms with Crippen molar-refractivity contribution in [2.24, 2.45) is 0 Å². The molecule has 0 unspecified atom stereocenters. The minimum atomic E-state index is 0.589. The minimum absolute atomic E-state index is 0.589. The highest BCUT2D eigenvalue weighted by molar-refractivity contribution is 6.30. The molecule has 2 aliphatic heterocycles. The van der Waals surface area contributed by atoms with Crippen molar-refractivity contribution in [3.8, 4) is 0 Å². The Morgan fingerprint density at radius 2 is 1.80 bits per heavy atom. The van der Waals surface area contributed by atoms with Gasteiger partial charge in [0.2, 0.25) is 0 Å². The molecule has 3 nitrogen and oxygen atoms in total. The first kappa shape index (κ1) is 9.40. The summed E-state index contributed by atoms with van der Waals surface area (Å²) in [5.41, 5.74) is 1.03. The van der Waals surface area contributed by atoms with Gasteiger partial charge in [-0.1, -0.05) is 11.6 Å². The van der Waals surface area contributed by atoms with Crippen molar-refractivity contribution < 1.29 is 0 Å². The van der Waals surface area contributed by atoms with Crippen LogP contribution in [0.25, 0.3) is 0 Å². The van der Waals surface area contributed by atoms with Crippen molar-refractivity contribution in [2.45, 2.75) is 44.7 Å². The fourth-order valence-corrected chi connectivity index (χ4v) is 3.07. The number of anilines is 1. The lowest BCUT2D eigenvalue weighted by atomic mass is 10.0. The van der Waals surface area contributed by atoms with Gasteiger partial charge >= 0.3 is 0 Å². The standard InChI is InChI=1S/C11H14ClN3/c1-7-10(12)13-6-14-11(7)15-8-2-3-9(15)5-4-8/h6,8-9H,2-5H2,1H3. The van der Waals surface area contributed by atoms with Gasteiger partial charge in [0.25, 0.3) is 0 Å². The molecule has 1 aromatic heterocycles. The van der Waals surface area contributed by atoms with Crippen LogP contribution in [0.5, 0.6) is 0 Å². The van der Waals surface area contributed by atoms with E-state index in [1.54, 1.807) is 6.33 Å². The van der Waals surface area contributed by atoms with Crippen LogP contribution in [-0.2, 0) is 0 Å². The second kappa shape index (κ2) is 3.34. The Morgan fingerprint density at radius 3 is 2.40 bits per heavy atom. The summed E-state index contributed by atoms with van der Waals surface area (Å²) >= 11 is 6.03. The van der Waals surface area contributed by atoms with Crippen molar-refractivity contribution in [1.82, 2.24) is 9.97 Å². The molecule has 2 fully saturated rings. The van der Waals surface area contributed by atoms with E-state index in [4.69, 9.17) is 11.6 Å². The summed E-state index contributed by atoms with van der Waals surface area (Å²) in [6.45, 7) is 2.01. The number of hydrogen-bond acceptors (Lipinski definition) is 3. The van der Waals surface area contributed by atoms with E-state index in [1.165, 1.54) is 25.7 Å². The van der Waals surface area contributed by atoms with E-state index in [0.717, 1.165) is 11.4 Å². The van der Waals surface area contributed by atoms with Crippen LogP contribution in [0.4, 0.5) is 5.82 Å². The fourth-order valence-electron chi connectivity index (χ4n) is 2.94. The normalized spacial score (nSPS) is 28.8. The topological polar surface area (TPSA) is 29.0 Å². The maximum absolute atomic E-state index is 6.03. The average molecular weight is 224 g/mol. The summed E-state index contributed by atoms with van der Waals surface area (Å²) in [6.07, 6.45) is 6.82. The van der Waals surface area contributed by atoms with Crippen molar-refractivity contribution >= 4 is 17.4 Å². The molecule has 0 amide bonds. The summed E-state index contributed by atoms with van der Waals surface area (Å²) in [5.74, 6) is 1.06. The highest BCUT2D eigenvalue weighted by atomic mass is 35.5. The van der Waals surface area contributed by atoms with Crippen molar-refractivity contribution in [1.29, 1.82) is 0 Å². The fraction of sp³-hybridized carbons (Fsp3) is 0.636. The predicted octanol–water partition coefficient (Wildman–Crippen LogP) is 2.57. The van der Waals surface area contributed by atoms with Crippen LogP contribution >= 0.6 is 11.6 Å². The lowest BCUT2D eigenvalue weighted by Crippen LogP contribution is -2.29. The van der Waals surface area contributed by atoms with E-state index in [9.17, 15) is 0 Å². The third kappa shape index (κ3) is 1.33. The van der Waals surface area contributed by atoms with Crippen LogP contribution in [0.3, 0.4) is 0 Å². The predicted molar refractivity (Wildman–Crippen MR) is 60.3 cm³/mol. The third-order valence-corrected chi connectivity index (χ3v) is 4.07. The van der Waals surface area contributed by atoms with Crippen LogP contribution in [-0.4, -0.2) is 22.1 Å². The minimum Gasteiger partial charge on any atom is -0.350 e. The first-order valence-electron chi connectivity index (χ1n) is 5.53. The molecule has 0 aliphatic carbocycles. The monoisotopic (exact) mass is 223 g/mol. The lowest BCUT2D eigenvalue weighted by molar-refractivity contribution is 0.576. The van der Waals surface area contributed by atoms with Crippen molar-refractivity contribution in [3.63, 3.8) is 0 Å². The zero-order valence-electron chi connectivity index (χ0n) is 8.78. The molecule has 3 heterocycles. The summed E-state index contributed by atoms with van der Waals surface area (Å²) in [6, 6.07) is 1.39. The summed E-state index contributed by atoms with van der Waals surface area (Å²) < 4.78 is 0. The molecule has 2 bridgehead atoms. The van der Waals surface area contributed by atoms with E-state index in [1.807, 2.05) is 6.92 Å². The number of fused-ring (bicyclic) bond motifs is 2. The van der Waals surface area contributed by atoms with Gasteiger partial charge < -0.3 is 4.90 Å². The summed E-state index contributed by atoms with van der Waals surface area (Å²) in [7, 11) is 0. The highest BCUT2D eigenvalue weighted by Crippen LogP contribution is 2.41. The van der Waals surface area contributed by atoms with Gasteiger partial charge in [-0.05, 0) is 32.6 Å². The van der Waals surface area contributed by atoms with Gasteiger partial charge in [-0.3, -0.25) is 0 Å². The molecule has 80 valence electrons. The van der Waals surface area contributed by atoms with E-state index in [-0.39, 0.29) is 0 Å². The van der Waals surface area contributed by atoms with Gasteiger partial charge in [0.1, 0.15) is 17.3 Å². The van der Waals surface area contributed by atoms with Crippen molar-refractivity contribution in [3.05, 3.63) is 17.0 Å². The third-order valence-electron chi connectivity index (χ3n) is 3.69. The molecular weight excluding hydrogens is 210 g/mol. The van der Waals surface area contributed by atoms with Crippen LogP contribution in [0.15, 0.2) is 6.33 Å². The largest absolute Gasteiger partial charge is 0.350 e. The molecule has 15 heavy (non-hydrogen) atoms. The Kier molecular flexibility index (Phi) is 2.09. The van der Waals surface area contributed by atoms with Crippen LogP contribution < -0.4 is 4.90 Å². The van der Waals surface area contributed by atoms with E-state index in [0.29, 0.717) is 17.2 Å². The van der Waals surface area contributed by atoms with E-state index < -0.39 is 0 Å². The number of nitrogens with zero attached hydrogens (tertiary/aromatic N) is 3. The zero-order valence-corrected chi connectivity index (χ0v) is 9.54. The van der Waals surface area contributed by atoms with Crippen molar-refractivity contribution in [2.75, 3.05) is 4.90 Å². The molecule has 0 N–H and O–H groups in total. The Labute approximate surface area is 94.5 Å². The van der Waals surface area contributed by atoms with E-state index in [2.05, 4.69) is 14.9 Å². The van der Waals surface area contributed by atoms with Gasteiger partial charge in [0.15, 0.2) is 0 Å². The second-order valence-corrected chi connectivity index (χ2v) is 4.84. The first-order valence-corrected chi connectivity index (χ1v) is 5.90. The van der Waals surface area contributed by atoms with Crippen LogP contribution in [0, 0.1) is 6.92 Å². The second-order valence-electron chi connectivity index (χ2n) is 4.48. The quantitative estimate of drug-likeness (QED) is 0.686. The molecule has 4 heteroatoms. The van der Waals surface area contributed by atoms with Gasteiger partial charge in [0, 0.05) is 17.6 Å². The molecule has 0 aromatic carbocycles. The Bertz CT molecular complexity index is 373. The summed E-state index contributed by atoms with van der Waals surface area (Å²) in [4.78, 5) is 10.9. The SMILES string of the molecule is Cc1c(Cl)ncnc1N1C2CCC1CC2. The van der Waals surface area contributed by atoms with Gasteiger partial charge in [-0.15, -0.1) is 0 Å². The van der Waals surface area contributed by atoms with Crippen LogP contribution in [0.2, 0.25) is 5.15 Å². The first-order chi connectivity index (χ1) is 7.27. The molecule has 2 saturated heterocycles. The molecular formula is C11H14ClN3. The van der Waals surface area contributed by atoms with Gasteiger partial charge in [0.05, 0.1) is 0 Å². The van der Waals surface area contributed by atoms with Gasteiger partial charge in [-0.25, -0.2) is 9.97 Å². The lowest BCUT2D eigenvalue weighted by Gasteiger charge is -2.24. The summed E-state index contributed by atoms with van der Waals surface area (Å²) in [5, 5.41) is 0.589. The number of halogens is 1. The average Bonchev–Trinajstić information content (AvgIpc) is 2.82. The highest BCUT2D eigenvalue weighted by Gasteiger charge is 2.40. The Morgan fingerprint density at radius 1 is 1.20 bits per heavy atom. The molecule has 0 saturated carbocycles. The number of hydrogen-bond donors (Lipinski definition) is 0. The molecule has 0 atom stereocenters. The maximum Gasteiger partial charge on any atom is 0.137 e. The molecule has 1 aromatic rings. The Balaban J connectivity index is 2.03. The molecule has 0 spiro atoms. The number of aromatic nitrogens is 2. The molecule has 3 rings (SSSR count). The number of rotatable bonds is 1. The van der Waals surface area contributed by atoms with Gasteiger partial charge in [-0.2, -0.15) is 0 Å². The Hall–Kier alpha value is -0.830.